The maximum Gasteiger partial charge on any atom is 0.0573 e. The second-order valence-electron chi connectivity index (χ2n) is 5.07. The normalized spacial score (nSPS) is 12.6. The minimum atomic E-state index is -0.116. The summed E-state index contributed by atoms with van der Waals surface area (Å²) in [6.45, 7) is 0. The van der Waals surface area contributed by atoms with Gasteiger partial charge >= 0.3 is 0 Å². The molecule has 3 rings (SSSR count). The van der Waals surface area contributed by atoms with E-state index in [0.29, 0.717) is 0 Å². The highest BCUT2D eigenvalue weighted by Crippen LogP contribution is 2.29. The van der Waals surface area contributed by atoms with E-state index < -0.39 is 0 Å². The fourth-order valence-electron chi connectivity index (χ4n) is 2.69. The Morgan fingerprint density at radius 1 is 1.10 bits per heavy atom. The van der Waals surface area contributed by atoms with Crippen molar-refractivity contribution in [3.05, 3.63) is 65.9 Å². The van der Waals surface area contributed by atoms with Crippen molar-refractivity contribution in [2.45, 2.75) is 6.04 Å². The third-order valence-electron chi connectivity index (χ3n) is 3.80. The summed E-state index contributed by atoms with van der Waals surface area (Å²) in [5.74, 6) is 0. The summed E-state index contributed by atoms with van der Waals surface area (Å²) in [7, 11) is 3.98. The van der Waals surface area contributed by atoms with Gasteiger partial charge in [0.2, 0.25) is 0 Å². The zero-order chi connectivity index (χ0) is 14.1. The third-order valence-corrected chi connectivity index (χ3v) is 3.80. The summed E-state index contributed by atoms with van der Waals surface area (Å²) in [5.41, 5.74) is 11.1. The summed E-state index contributed by atoms with van der Waals surface area (Å²) in [5, 5.41) is 4.38. The Kier molecular flexibility index (Phi) is 3.20. The van der Waals surface area contributed by atoms with Gasteiger partial charge in [-0.15, -0.1) is 0 Å². The number of aryl methyl sites for hydroxylation is 1. The monoisotopic (exact) mass is 265 g/mol. The lowest BCUT2D eigenvalue weighted by atomic mass is 9.99. The van der Waals surface area contributed by atoms with Crippen molar-refractivity contribution in [2.75, 3.05) is 12.4 Å². The number of hydrogen-bond donors (Lipinski definition) is 2. The molecule has 1 atom stereocenters. The predicted octanol–water partition coefficient (Wildman–Crippen LogP) is 3.27. The van der Waals surface area contributed by atoms with Crippen LogP contribution in [0, 0.1) is 0 Å². The first-order valence-corrected chi connectivity index (χ1v) is 6.78. The number of fused-ring (bicyclic) bond motifs is 1. The zero-order valence-corrected chi connectivity index (χ0v) is 11.8. The van der Waals surface area contributed by atoms with E-state index in [1.165, 1.54) is 10.9 Å². The summed E-state index contributed by atoms with van der Waals surface area (Å²) >= 11 is 0. The van der Waals surface area contributed by atoms with Gasteiger partial charge in [0.15, 0.2) is 0 Å². The van der Waals surface area contributed by atoms with E-state index in [-0.39, 0.29) is 6.04 Å². The second kappa shape index (κ2) is 5.02. The summed E-state index contributed by atoms with van der Waals surface area (Å²) in [6, 6.07) is 16.5. The fourth-order valence-corrected chi connectivity index (χ4v) is 2.69. The van der Waals surface area contributed by atoms with Gasteiger partial charge in [-0.1, -0.05) is 30.3 Å². The molecule has 0 bridgehead atoms. The quantitative estimate of drug-likeness (QED) is 0.763. The number of anilines is 1. The first kappa shape index (κ1) is 12.8. The van der Waals surface area contributed by atoms with E-state index in [1.54, 1.807) is 0 Å². The van der Waals surface area contributed by atoms with Crippen LogP contribution in [-0.2, 0) is 7.05 Å². The molecule has 1 aromatic heterocycles. The van der Waals surface area contributed by atoms with E-state index in [4.69, 9.17) is 5.73 Å². The number of aromatic nitrogens is 1. The molecule has 0 aliphatic carbocycles. The van der Waals surface area contributed by atoms with Crippen LogP contribution in [0.5, 0.6) is 0 Å². The molecule has 0 radical (unpaired) electrons. The van der Waals surface area contributed by atoms with E-state index in [2.05, 4.69) is 59.5 Å². The van der Waals surface area contributed by atoms with Crippen LogP contribution < -0.4 is 11.1 Å². The molecule has 1 unspecified atom stereocenters. The first-order valence-electron chi connectivity index (χ1n) is 6.78. The number of nitrogens with two attached hydrogens (primary N) is 1. The van der Waals surface area contributed by atoms with E-state index in [1.807, 2.05) is 19.2 Å². The molecule has 3 N–H and O–H groups in total. The standard InChI is InChI=1S/C17H19N3/c1-19-13-7-5-6-12(10-13)17(18)15-11-20(2)16-9-4-3-8-14(15)16/h3-11,17,19H,18H2,1-2H3. The Balaban J connectivity index is 2.10. The highest BCUT2D eigenvalue weighted by atomic mass is 14.9. The average molecular weight is 265 g/mol. The molecule has 0 aliphatic heterocycles. The van der Waals surface area contributed by atoms with Crippen LogP contribution in [0.4, 0.5) is 5.69 Å². The molecule has 20 heavy (non-hydrogen) atoms. The first-order chi connectivity index (χ1) is 9.70. The largest absolute Gasteiger partial charge is 0.388 e. The lowest BCUT2D eigenvalue weighted by molar-refractivity contribution is 0.862. The third kappa shape index (κ3) is 2.06. The molecule has 3 nitrogen and oxygen atoms in total. The van der Waals surface area contributed by atoms with E-state index >= 15 is 0 Å². The molecule has 102 valence electrons. The van der Waals surface area contributed by atoms with Crippen LogP contribution in [0.1, 0.15) is 17.2 Å². The highest BCUT2D eigenvalue weighted by molar-refractivity contribution is 5.84. The minimum absolute atomic E-state index is 0.116. The molecule has 0 aliphatic rings. The molecule has 3 heteroatoms. The minimum Gasteiger partial charge on any atom is -0.388 e. The molecule has 2 aromatic carbocycles. The maximum absolute atomic E-state index is 6.48. The molecule has 0 saturated carbocycles. The van der Waals surface area contributed by atoms with Crippen LogP contribution >= 0.6 is 0 Å². The van der Waals surface area contributed by atoms with Gasteiger partial charge in [0.25, 0.3) is 0 Å². The highest BCUT2D eigenvalue weighted by Gasteiger charge is 2.15. The van der Waals surface area contributed by atoms with E-state index in [0.717, 1.165) is 16.8 Å². The molecule has 0 spiro atoms. The molecule has 0 fully saturated rings. The van der Waals surface area contributed by atoms with Crippen molar-refractivity contribution in [3.8, 4) is 0 Å². The molecule has 0 amide bonds. The Hall–Kier alpha value is -2.26. The molecule has 3 aromatic rings. The second-order valence-corrected chi connectivity index (χ2v) is 5.07. The van der Waals surface area contributed by atoms with Crippen LogP contribution in [0.15, 0.2) is 54.7 Å². The SMILES string of the molecule is CNc1cccc(C(N)c2cn(C)c3ccccc23)c1. The molecule has 1 heterocycles. The maximum atomic E-state index is 6.48. The van der Waals surface area contributed by atoms with Gasteiger partial charge in [0.1, 0.15) is 0 Å². The molecular formula is C17H19N3. The predicted molar refractivity (Wildman–Crippen MR) is 84.9 cm³/mol. The Labute approximate surface area is 119 Å². The van der Waals surface area contributed by atoms with Crippen molar-refractivity contribution in [1.82, 2.24) is 4.57 Å². The topological polar surface area (TPSA) is 43.0 Å². The number of rotatable bonds is 3. The van der Waals surface area contributed by atoms with E-state index in [9.17, 15) is 0 Å². The average Bonchev–Trinajstić information content (AvgIpc) is 2.84. The number of nitrogens with one attached hydrogen (secondary N) is 1. The van der Waals surface area contributed by atoms with Crippen molar-refractivity contribution in [2.24, 2.45) is 12.8 Å². The van der Waals surface area contributed by atoms with Gasteiger partial charge in [0.05, 0.1) is 6.04 Å². The summed E-state index contributed by atoms with van der Waals surface area (Å²) in [6.07, 6.45) is 2.13. The van der Waals surface area contributed by atoms with Crippen molar-refractivity contribution >= 4 is 16.6 Å². The van der Waals surface area contributed by atoms with Gasteiger partial charge < -0.3 is 15.6 Å². The molecular weight excluding hydrogens is 246 g/mol. The van der Waals surface area contributed by atoms with Crippen LogP contribution in [0.3, 0.4) is 0 Å². The van der Waals surface area contributed by atoms with Gasteiger partial charge in [0, 0.05) is 36.9 Å². The number of nitrogens with zero attached hydrogens (tertiary/aromatic N) is 1. The van der Waals surface area contributed by atoms with Gasteiger partial charge in [-0.2, -0.15) is 0 Å². The van der Waals surface area contributed by atoms with Crippen LogP contribution in [0.25, 0.3) is 10.9 Å². The number of para-hydroxylation sites is 1. The Morgan fingerprint density at radius 2 is 1.90 bits per heavy atom. The van der Waals surface area contributed by atoms with Crippen molar-refractivity contribution in [3.63, 3.8) is 0 Å². The van der Waals surface area contributed by atoms with Gasteiger partial charge in [-0.05, 0) is 29.3 Å². The van der Waals surface area contributed by atoms with Gasteiger partial charge in [-0.3, -0.25) is 0 Å². The number of benzene rings is 2. The van der Waals surface area contributed by atoms with Gasteiger partial charge in [-0.25, -0.2) is 0 Å². The number of hydrogen-bond acceptors (Lipinski definition) is 2. The smallest absolute Gasteiger partial charge is 0.0573 e. The molecule has 0 saturated heterocycles. The van der Waals surface area contributed by atoms with Crippen LogP contribution in [-0.4, -0.2) is 11.6 Å². The lowest BCUT2D eigenvalue weighted by Crippen LogP contribution is -2.11. The summed E-state index contributed by atoms with van der Waals surface area (Å²) < 4.78 is 2.13. The Morgan fingerprint density at radius 3 is 2.70 bits per heavy atom. The zero-order valence-electron chi connectivity index (χ0n) is 11.8. The van der Waals surface area contributed by atoms with Crippen LogP contribution in [0.2, 0.25) is 0 Å². The fraction of sp³-hybridized carbons (Fsp3) is 0.176. The Bertz CT molecular complexity index is 743. The van der Waals surface area contributed by atoms with Crippen molar-refractivity contribution < 1.29 is 0 Å². The van der Waals surface area contributed by atoms with Crippen molar-refractivity contribution in [1.29, 1.82) is 0 Å². The lowest BCUT2D eigenvalue weighted by Gasteiger charge is -2.13. The summed E-state index contributed by atoms with van der Waals surface area (Å²) in [4.78, 5) is 0.